The summed E-state index contributed by atoms with van der Waals surface area (Å²) in [5.41, 5.74) is 0. The van der Waals surface area contributed by atoms with Crippen LogP contribution in [0.2, 0.25) is 0 Å². The molecule has 0 saturated heterocycles. The van der Waals surface area contributed by atoms with Gasteiger partial charge in [-0.05, 0) is 0 Å². The number of aliphatic hydroxyl groups is 3. The summed E-state index contributed by atoms with van der Waals surface area (Å²) in [4.78, 5) is 4.13. The van der Waals surface area contributed by atoms with Crippen LogP contribution in [0.5, 0.6) is 0 Å². The largest absolute Gasteiger partial charge is 0.459 e. The van der Waals surface area contributed by atoms with Crippen LogP contribution in [0.3, 0.4) is 0 Å². The minimum absolute atomic E-state index is 0.232. The molecular formula is C10H16N2O4. The van der Waals surface area contributed by atoms with E-state index < -0.39 is 30.3 Å². The van der Waals surface area contributed by atoms with Gasteiger partial charge in [0.05, 0.1) is 18.6 Å². The van der Waals surface area contributed by atoms with Gasteiger partial charge in [-0.1, -0.05) is 6.08 Å². The van der Waals surface area contributed by atoms with Crippen molar-refractivity contribution in [1.29, 1.82) is 0 Å². The summed E-state index contributed by atoms with van der Waals surface area (Å²) in [6, 6.07) is -0.168. The van der Waals surface area contributed by atoms with E-state index in [1.165, 1.54) is 0 Å². The monoisotopic (exact) mass is 228 g/mol. The number of rotatable bonds is 3. The molecule has 2 rings (SSSR count). The smallest absolute Gasteiger partial charge is 0.285 e. The van der Waals surface area contributed by atoms with Gasteiger partial charge in [0, 0.05) is 6.54 Å². The molecule has 16 heavy (non-hydrogen) atoms. The molecule has 0 amide bonds. The first-order valence-electron chi connectivity index (χ1n) is 5.25. The second-order valence-corrected chi connectivity index (χ2v) is 4.00. The number of hydrogen-bond donors (Lipinski definition) is 4. The molecular weight excluding hydrogens is 212 g/mol. The van der Waals surface area contributed by atoms with E-state index in [4.69, 9.17) is 9.84 Å². The Morgan fingerprint density at radius 3 is 2.81 bits per heavy atom. The molecule has 0 bridgehead atoms. The zero-order valence-corrected chi connectivity index (χ0v) is 8.78. The highest BCUT2D eigenvalue weighted by atomic mass is 16.5. The molecule has 0 spiro atoms. The molecule has 1 heterocycles. The number of aliphatic hydroxyl groups excluding tert-OH is 3. The zero-order valence-electron chi connectivity index (χ0n) is 8.78. The molecule has 0 aromatic heterocycles. The summed E-state index contributed by atoms with van der Waals surface area (Å²) < 4.78 is 5.44. The van der Waals surface area contributed by atoms with E-state index in [1.54, 1.807) is 6.08 Å². The number of hydrogen-bond acceptors (Lipinski definition) is 6. The van der Waals surface area contributed by atoms with Crippen molar-refractivity contribution in [2.24, 2.45) is 10.9 Å². The van der Waals surface area contributed by atoms with Gasteiger partial charge in [-0.15, -0.1) is 6.58 Å². The quantitative estimate of drug-likeness (QED) is 0.429. The predicted molar refractivity (Wildman–Crippen MR) is 56.9 cm³/mol. The number of nitrogens with one attached hydrogen (secondary N) is 1. The third kappa shape index (κ3) is 1.68. The van der Waals surface area contributed by atoms with E-state index in [0.717, 1.165) is 0 Å². The second kappa shape index (κ2) is 4.40. The van der Waals surface area contributed by atoms with Crippen molar-refractivity contribution < 1.29 is 20.1 Å². The van der Waals surface area contributed by atoms with E-state index in [1.807, 2.05) is 0 Å². The first kappa shape index (κ1) is 11.4. The highest BCUT2D eigenvalue weighted by Gasteiger charge is 2.54. The molecule has 0 aromatic carbocycles. The van der Waals surface area contributed by atoms with Gasteiger partial charge in [0.25, 0.3) is 6.02 Å². The van der Waals surface area contributed by atoms with Crippen LogP contribution >= 0.6 is 0 Å². The fourth-order valence-electron chi connectivity index (χ4n) is 2.16. The average Bonchev–Trinajstić information content (AvgIpc) is 2.78. The van der Waals surface area contributed by atoms with Gasteiger partial charge in [-0.3, -0.25) is 0 Å². The molecule has 6 nitrogen and oxygen atoms in total. The Balaban J connectivity index is 2.06. The minimum Gasteiger partial charge on any atom is -0.459 e. The van der Waals surface area contributed by atoms with Crippen LogP contribution in [-0.4, -0.2) is 58.8 Å². The van der Waals surface area contributed by atoms with Crippen LogP contribution in [-0.2, 0) is 4.74 Å². The van der Waals surface area contributed by atoms with Crippen molar-refractivity contribution in [2.75, 3.05) is 13.2 Å². The Morgan fingerprint density at radius 2 is 2.19 bits per heavy atom. The minimum atomic E-state index is -0.982. The van der Waals surface area contributed by atoms with Gasteiger partial charge >= 0.3 is 0 Å². The Morgan fingerprint density at radius 1 is 1.44 bits per heavy atom. The number of fused-ring (bicyclic) bond motifs is 1. The standard InChI is InChI=1S/C10H16N2O4/c1-2-3-11-10-12-6-8(15)7(14)5(4-13)9(6)16-10/h2,5-9,13-15H,1,3-4H2,(H,11,12)/t5-,6-,7-,8-,9+/m1/s1. The Labute approximate surface area is 93.3 Å². The number of amidine groups is 1. The van der Waals surface area contributed by atoms with Gasteiger partial charge in [-0.25, -0.2) is 4.99 Å². The Bertz CT molecular complexity index is 307. The van der Waals surface area contributed by atoms with E-state index in [0.29, 0.717) is 12.6 Å². The van der Waals surface area contributed by atoms with E-state index >= 15 is 0 Å². The highest BCUT2D eigenvalue weighted by Crippen LogP contribution is 2.34. The number of ether oxygens (including phenoxy) is 1. The predicted octanol–water partition coefficient (Wildman–Crippen LogP) is -1.77. The summed E-state index contributed by atoms with van der Waals surface area (Å²) in [6.45, 7) is 3.83. The normalized spacial score (nSPS) is 41.2. The van der Waals surface area contributed by atoms with Gasteiger partial charge in [0.2, 0.25) is 0 Å². The lowest BCUT2D eigenvalue weighted by Gasteiger charge is -2.18. The third-order valence-corrected chi connectivity index (χ3v) is 3.02. The molecule has 90 valence electrons. The van der Waals surface area contributed by atoms with Crippen molar-refractivity contribution in [3.8, 4) is 0 Å². The summed E-state index contributed by atoms with van der Waals surface area (Å²) in [7, 11) is 0. The summed E-state index contributed by atoms with van der Waals surface area (Å²) in [5, 5.41) is 31.3. The second-order valence-electron chi connectivity index (χ2n) is 4.00. The zero-order chi connectivity index (χ0) is 11.7. The lowest BCUT2D eigenvalue weighted by molar-refractivity contribution is -0.00713. The third-order valence-electron chi connectivity index (χ3n) is 3.02. The number of nitrogens with zero attached hydrogens (tertiary/aromatic N) is 1. The maximum absolute atomic E-state index is 9.72. The Kier molecular flexibility index (Phi) is 3.13. The fraction of sp³-hybridized carbons (Fsp3) is 0.700. The van der Waals surface area contributed by atoms with Gasteiger partial charge in [0.1, 0.15) is 18.2 Å². The maximum Gasteiger partial charge on any atom is 0.285 e. The molecule has 0 aromatic rings. The molecule has 1 fully saturated rings. The summed E-state index contributed by atoms with van der Waals surface area (Å²) in [6.07, 6.45) is -0.758. The molecule has 4 N–H and O–H groups in total. The first-order chi connectivity index (χ1) is 7.69. The van der Waals surface area contributed by atoms with Crippen LogP contribution in [0.15, 0.2) is 17.6 Å². The van der Waals surface area contributed by atoms with Crippen LogP contribution in [0.4, 0.5) is 0 Å². The van der Waals surface area contributed by atoms with Crippen molar-refractivity contribution in [3.05, 3.63) is 12.7 Å². The van der Waals surface area contributed by atoms with E-state index in [2.05, 4.69) is 16.9 Å². The van der Waals surface area contributed by atoms with Crippen molar-refractivity contribution in [2.45, 2.75) is 24.4 Å². The van der Waals surface area contributed by atoms with Crippen molar-refractivity contribution in [1.82, 2.24) is 5.32 Å². The topological polar surface area (TPSA) is 94.3 Å². The molecule has 1 aliphatic heterocycles. The molecule has 0 unspecified atom stereocenters. The molecule has 0 radical (unpaired) electrons. The van der Waals surface area contributed by atoms with Crippen molar-refractivity contribution >= 4 is 6.02 Å². The van der Waals surface area contributed by atoms with Crippen LogP contribution in [0.1, 0.15) is 0 Å². The molecule has 6 heteroatoms. The molecule has 1 aliphatic carbocycles. The SMILES string of the molecule is C=CCNC1=N[C@@H]2[C@@H](O)[C@H](O)[C@@H](CO)[C@@H]2O1. The Hall–Kier alpha value is -1.11. The molecule has 5 atom stereocenters. The van der Waals surface area contributed by atoms with Gasteiger partial charge < -0.3 is 25.4 Å². The van der Waals surface area contributed by atoms with E-state index in [9.17, 15) is 10.2 Å². The summed E-state index contributed by atoms with van der Waals surface area (Å²) >= 11 is 0. The van der Waals surface area contributed by atoms with Crippen molar-refractivity contribution in [3.63, 3.8) is 0 Å². The summed E-state index contributed by atoms with van der Waals surface area (Å²) in [5.74, 6) is -0.494. The molecule has 2 aliphatic rings. The maximum atomic E-state index is 9.72. The van der Waals surface area contributed by atoms with Crippen LogP contribution < -0.4 is 5.32 Å². The van der Waals surface area contributed by atoms with Gasteiger partial charge in [0.15, 0.2) is 0 Å². The van der Waals surface area contributed by atoms with Crippen LogP contribution in [0.25, 0.3) is 0 Å². The lowest BCUT2D eigenvalue weighted by Crippen LogP contribution is -2.34. The fourth-order valence-corrected chi connectivity index (χ4v) is 2.16. The number of aliphatic imine (C=N–C) groups is 1. The average molecular weight is 228 g/mol. The van der Waals surface area contributed by atoms with Crippen LogP contribution in [0, 0.1) is 5.92 Å². The highest BCUT2D eigenvalue weighted by molar-refractivity contribution is 5.76. The van der Waals surface area contributed by atoms with E-state index in [-0.39, 0.29) is 6.61 Å². The van der Waals surface area contributed by atoms with Gasteiger partial charge in [-0.2, -0.15) is 0 Å². The first-order valence-corrected chi connectivity index (χ1v) is 5.25. The lowest BCUT2D eigenvalue weighted by atomic mass is 10.1. The molecule has 1 saturated carbocycles.